The number of carbonyl (C=O) groups is 1. The molecule has 5 heteroatoms. The summed E-state index contributed by atoms with van der Waals surface area (Å²) in [5, 5.41) is 14.5. The number of nitrogens with one attached hydrogen (secondary N) is 1. The van der Waals surface area contributed by atoms with Gasteiger partial charge in [0, 0.05) is 30.5 Å². The highest BCUT2D eigenvalue weighted by Crippen LogP contribution is 2.33. The van der Waals surface area contributed by atoms with Gasteiger partial charge in [-0.3, -0.25) is 14.9 Å². The van der Waals surface area contributed by atoms with Crippen molar-refractivity contribution in [3.63, 3.8) is 0 Å². The number of carbonyl (C=O) groups excluding carboxylic acids is 1. The highest BCUT2D eigenvalue weighted by atomic mass is 16.6. The van der Waals surface area contributed by atoms with Crippen LogP contribution in [0.25, 0.3) is 0 Å². The van der Waals surface area contributed by atoms with Gasteiger partial charge in [0.05, 0.1) is 4.92 Å². The van der Waals surface area contributed by atoms with Crippen molar-refractivity contribution in [3.05, 3.63) is 38.9 Å². The molecule has 0 aliphatic rings. The molecule has 0 fully saturated rings. The fraction of sp³-hybridized carbons (Fsp3) is 0.611. The van der Waals surface area contributed by atoms with Crippen molar-refractivity contribution in [3.8, 4) is 0 Å². The molecule has 1 aromatic rings. The molecule has 1 amide bonds. The monoisotopic (exact) mass is 320 g/mol. The van der Waals surface area contributed by atoms with Gasteiger partial charge < -0.3 is 5.32 Å². The minimum Gasteiger partial charge on any atom is -0.351 e. The largest absolute Gasteiger partial charge is 0.351 e. The lowest BCUT2D eigenvalue weighted by Crippen LogP contribution is -2.52. The van der Waals surface area contributed by atoms with Crippen LogP contribution in [0.1, 0.15) is 57.2 Å². The van der Waals surface area contributed by atoms with Gasteiger partial charge in [0.2, 0.25) is 5.91 Å². The number of benzene rings is 1. The van der Waals surface area contributed by atoms with Gasteiger partial charge in [0.1, 0.15) is 0 Å². The first-order chi connectivity index (χ1) is 10.7. The summed E-state index contributed by atoms with van der Waals surface area (Å²) in [6, 6.07) is 3.35. The van der Waals surface area contributed by atoms with Gasteiger partial charge in [-0.15, -0.1) is 0 Å². The Morgan fingerprint density at radius 2 is 1.87 bits per heavy atom. The Labute approximate surface area is 138 Å². The Hall–Kier alpha value is -1.91. The Bertz CT molecular complexity index is 594. The Morgan fingerprint density at radius 3 is 2.30 bits per heavy atom. The SMILES string of the molecule is CCC(CC)C(C)(Cc1c([N+](=O)[O-])ccc(C)c1C)NC(C)=O. The molecule has 0 saturated carbocycles. The standard InChI is InChI=1S/C18H28N2O3/c1-7-15(8-2)18(6,19-14(5)21)11-16-13(4)12(3)9-10-17(16)20(22)23/h9-10,15H,7-8,11H2,1-6H3,(H,19,21). The quantitative estimate of drug-likeness (QED) is 0.607. The van der Waals surface area contributed by atoms with Crippen molar-refractivity contribution in [2.45, 2.75) is 66.3 Å². The number of nitrogens with zero attached hydrogens (tertiary/aromatic N) is 1. The lowest BCUT2D eigenvalue weighted by molar-refractivity contribution is -0.385. The van der Waals surface area contributed by atoms with Crippen molar-refractivity contribution in [2.75, 3.05) is 0 Å². The maximum absolute atomic E-state index is 11.7. The average molecular weight is 320 g/mol. The van der Waals surface area contributed by atoms with E-state index in [1.807, 2.05) is 20.8 Å². The van der Waals surface area contributed by atoms with E-state index in [1.54, 1.807) is 12.1 Å². The average Bonchev–Trinajstić information content (AvgIpc) is 2.44. The molecule has 0 aliphatic carbocycles. The maximum atomic E-state index is 11.7. The van der Waals surface area contributed by atoms with Gasteiger partial charge in [-0.25, -0.2) is 0 Å². The highest BCUT2D eigenvalue weighted by molar-refractivity contribution is 5.74. The lowest BCUT2D eigenvalue weighted by atomic mass is 9.76. The molecule has 1 N–H and O–H groups in total. The third-order valence-corrected chi connectivity index (χ3v) is 4.93. The molecule has 23 heavy (non-hydrogen) atoms. The van der Waals surface area contributed by atoms with Gasteiger partial charge >= 0.3 is 0 Å². The number of nitro benzene ring substituents is 1. The van der Waals surface area contributed by atoms with Gasteiger partial charge in [0.25, 0.3) is 5.69 Å². The molecule has 1 atom stereocenters. The number of hydrogen-bond acceptors (Lipinski definition) is 3. The Balaban J connectivity index is 3.41. The first-order valence-corrected chi connectivity index (χ1v) is 8.18. The van der Waals surface area contributed by atoms with Crippen molar-refractivity contribution >= 4 is 11.6 Å². The summed E-state index contributed by atoms with van der Waals surface area (Å²) in [6.07, 6.45) is 2.28. The van der Waals surface area contributed by atoms with E-state index < -0.39 is 5.54 Å². The second-order valence-corrected chi connectivity index (χ2v) is 6.55. The molecule has 128 valence electrons. The summed E-state index contributed by atoms with van der Waals surface area (Å²) in [5.41, 5.74) is 2.31. The summed E-state index contributed by atoms with van der Waals surface area (Å²) in [6.45, 7) is 11.5. The molecule has 0 spiro atoms. The molecule has 5 nitrogen and oxygen atoms in total. The normalized spacial score (nSPS) is 13.7. The molecule has 0 aliphatic heterocycles. The van der Waals surface area contributed by atoms with E-state index >= 15 is 0 Å². The first kappa shape index (κ1) is 19.1. The molecule has 0 saturated heterocycles. The molecular formula is C18H28N2O3. The number of nitro groups is 1. The summed E-state index contributed by atoms with van der Waals surface area (Å²) in [4.78, 5) is 22.8. The molecular weight excluding hydrogens is 292 g/mol. The zero-order valence-corrected chi connectivity index (χ0v) is 15.0. The number of amides is 1. The molecule has 1 rings (SSSR count). The molecule has 0 heterocycles. The van der Waals surface area contributed by atoms with E-state index in [-0.39, 0.29) is 22.4 Å². The van der Waals surface area contributed by atoms with Crippen molar-refractivity contribution < 1.29 is 9.72 Å². The maximum Gasteiger partial charge on any atom is 0.272 e. The summed E-state index contributed by atoms with van der Waals surface area (Å²) in [5.74, 6) is 0.151. The van der Waals surface area contributed by atoms with E-state index in [1.165, 1.54) is 6.92 Å². The van der Waals surface area contributed by atoms with Crippen molar-refractivity contribution in [1.29, 1.82) is 0 Å². The van der Waals surface area contributed by atoms with Gasteiger partial charge in [-0.1, -0.05) is 32.8 Å². The molecule has 1 aromatic carbocycles. The fourth-order valence-electron chi connectivity index (χ4n) is 3.50. The molecule has 1 unspecified atom stereocenters. The van der Waals surface area contributed by atoms with Crippen molar-refractivity contribution in [2.24, 2.45) is 5.92 Å². The fourth-order valence-corrected chi connectivity index (χ4v) is 3.50. The van der Waals surface area contributed by atoms with Crippen LogP contribution in [0.2, 0.25) is 0 Å². The second kappa shape index (κ2) is 7.57. The first-order valence-electron chi connectivity index (χ1n) is 8.18. The third kappa shape index (κ3) is 4.30. The van der Waals surface area contributed by atoms with E-state index in [0.29, 0.717) is 6.42 Å². The Morgan fingerprint density at radius 1 is 1.30 bits per heavy atom. The van der Waals surface area contributed by atoms with Crippen LogP contribution < -0.4 is 5.32 Å². The van der Waals surface area contributed by atoms with Crippen LogP contribution in [0, 0.1) is 29.9 Å². The highest BCUT2D eigenvalue weighted by Gasteiger charge is 2.35. The topological polar surface area (TPSA) is 72.2 Å². The third-order valence-electron chi connectivity index (χ3n) is 4.93. The van der Waals surface area contributed by atoms with Crippen LogP contribution in [-0.4, -0.2) is 16.4 Å². The smallest absolute Gasteiger partial charge is 0.272 e. The van der Waals surface area contributed by atoms with E-state index in [9.17, 15) is 14.9 Å². The predicted molar refractivity (Wildman–Crippen MR) is 92.6 cm³/mol. The van der Waals surface area contributed by atoms with E-state index in [2.05, 4.69) is 19.2 Å². The predicted octanol–water partition coefficient (Wildman–Crippen LogP) is 4.09. The molecule has 0 radical (unpaired) electrons. The Kier molecular flexibility index (Phi) is 6.30. The van der Waals surface area contributed by atoms with Crippen LogP contribution in [0.15, 0.2) is 12.1 Å². The summed E-state index contributed by atoms with van der Waals surface area (Å²) >= 11 is 0. The van der Waals surface area contributed by atoms with Crippen LogP contribution in [0.3, 0.4) is 0 Å². The zero-order chi connectivity index (χ0) is 17.8. The number of aryl methyl sites for hydroxylation is 1. The van der Waals surface area contributed by atoms with E-state index in [0.717, 1.165) is 29.5 Å². The minimum atomic E-state index is -0.501. The van der Waals surface area contributed by atoms with E-state index in [4.69, 9.17) is 0 Å². The lowest BCUT2D eigenvalue weighted by Gasteiger charge is -2.38. The summed E-state index contributed by atoms with van der Waals surface area (Å²) < 4.78 is 0. The molecule has 0 aromatic heterocycles. The van der Waals surface area contributed by atoms with Crippen LogP contribution in [-0.2, 0) is 11.2 Å². The summed E-state index contributed by atoms with van der Waals surface area (Å²) in [7, 11) is 0. The van der Waals surface area contributed by atoms with Gasteiger partial charge in [0.15, 0.2) is 0 Å². The van der Waals surface area contributed by atoms with Crippen LogP contribution in [0.5, 0.6) is 0 Å². The second-order valence-electron chi connectivity index (χ2n) is 6.55. The van der Waals surface area contributed by atoms with Gasteiger partial charge in [-0.05, 0) is 37.8 Å². The van der Waals surface area contributed by atoms with Gasteiger partial charge in [-0.2, -0.15) is 0 Å². The zero-order valence-electron chi connectivity index (χ0n) is 15.0. The van der Waals surface area contributed by atoms with Crippen LogP contribution in [0.4, 0.5) is 5.69 Å². The number of hydrogen-bond donors (Lipinski definition) is 1. The molecule has 0 bridgehead atoms. The van der Waals surface area contributed by atoms with Crippen LogP contribution >= 0.6 is 0 Å². The van der Waals surface area contributed by atoms with Crippen molar-refractivity contribution in [1.82, 2.24) is 5.32 Å². The number of rotatable bonds is 7. The minimum absolute atomic E-state index is 0.104.